The first-order valence-corrected chi connectivity index (χ1v) is 15.4. The standard InChI is InChI=1S/C29H30ClN5O4S2/c1-17-14-21(18(2)34(17)24-15-19(30)9-11-26(24)39-4)28-27(22-8-6-7-13-31-22)32-29(40)35(28)20-10-12-25(38-3)23(16-20)33-41(5,36)37/h6-16,27-28,33H,1-5H3,(H,32,40). The smallest absolute Gasteiger partial charge is 0.229 e. The largest absolute Gasteiger partial charge is 0.495 e. The van der Waals surface area contributed by atoms with Gasteiger partial charge in [0.05, 0.1) is 49.6 Å². The van der Waals surface area contributed by atoms with Crippen molar-refractivity contribution >= 4 is 50.3 Å². The highest BCUT2D eigenvalue weighted by Gasteiger charge is 2.42. The summed E-state index contributed by atoms with van der Waals surface area (Å²) in [5.41, 5.74) is 5.57. The second kappa shape index (κ2) is 11.2. The van der Waals surface area contributed by atoms with Crippen molar-refractivity contribution < 1.29 is 17.9 Å². The Morgan fingerprint density at radius 1 is 1.02 bits per heavy atom. The zero-order valence-corrected chi connectivity index (χ0v) is 25.6. The van der Waals surface area contributed by atoms with E-state index in [9.17, 15) is 8.42 Å². The fourth-order valence-corrected chi connectivity index (χ4v) is 6.44. The number of halogens is 1. The first-order chi connectivity index (χ1) is 19.5. The van der Waals surface area contributed by atoms with Gasteiger partial charge in [-0.3, -0.25) is 9.71 Å². The van der Waals surface area contributed by atoms with Crippen molar-refractivity contribution in [3.05, 3.63) is 94.5 Å². The number of aryl methyl sites for hydroxylation is 1. The van der Waals surface area contributed by atoms with Gasteiger partial charge in [-0.2, -0.15) is 0 Å². The van der Waals surface area contributed by atoms with Crippen molar-refractivity contribution in [1.29, 1.82) is 0 Å². The van der Waals surface area contributed by atoms with Crippen molar-refractivity contribution in [3.63, 3.8) is 0 Å². The lowest BCUT2D eigenvalue weighted by Gasteiger charge is -2.29. The van der Waals surface area contributed by atoms with E-state index in [2.05, 4.69) is 25.7 Å². The highest BCUT2D eigenvalue weighted by atomic mass is 35.5. The van der Waals surface area contributed by atoms with E-state index >= 15 is 0 Å². The normalized spacial score (nSPS) is 16.9. The highest BCUT2D eigenvalue weighted by molar-refractivity contribution is 7.92. The molecule has 2 unspecified atom stereocenters. The summed E-state index contributed by atoms with van der Waals surface area (Å²) in [6, 6.07) is 18.1. The van der Waals surface area contributed by atoms with Gasteiger partial charge in [-0.1, -0.05) is 17.7 Å². The van der Waals surface area contributed by atoms with Crippen LogP contribution in [0.4, 0.5) is 11.4 Å². The Balaban J connectivity index is 1.71. The second-order valence-corrected chi connectivity index (χ2v) is 12.3. The molecule has 4 aromatic rings. The Kier molecular flexibility index (Phi) is 7.87. The summed E-state index contributed by atoms with van der Waals surface area (Å²) in [5, 5.41) is 4.53. The Bertz CT molecular complexity index is 1730. The molecule has 9 nitrogen and oxygen atoms in total. The van der Waals surface area contributed by atoms with Crippen molar-refractivity contribution in [2.45, 2.75) is 25.9 Å². The molecule has 12 heteroatoms. The molecule has 1 saturated heterocycles. The minimum atomic E-state index is -3.57. The number of ether oxygens (including phenoxy) is 2. The van der Waals surface area contributed by atoms with Crippen LogP contribution in [0.5, 0.6) is 11.5 Å². The van der Waals surface area contributed by atoms with E-state index < -0.39 is 10.0 Å². The molecule has 2 aromatic carbocycles. The number of benzene rings is 2. The average molecular weight is 612 g/mol. The van der Waals surface area contributed by atoms with Crippen molar-refractivity contribution in [2.24, 2.45) is 0 Å². The number of methoxy groups -OCH3 is 2. The fraction of sp³-hybridized carbons (Fsp3) is 0.241. The first-order valence-electron chi connectivity index (χ1n) is 12.7. The van der Waals surface area contributed by atoms with Crippen LogP contribution >= 0.6 is 23.8 Å². The van der Waals surface area contributed by atoms with Gasteiger partial charge in [0.15, 0.2) is 5.11 Å². The molecule has 2 aromatic heterocycles. The summed E-state index contributed by atoms with van der Waals surface area (Å²) in [7, 11) is -0.446. The summed E-state index contributed by atoms with van der Waals surface area (Å²) in [4.78, 5) is 6.63. The molecule has 0 bridgehead atoms. The topological polar surface area (TPSA) is 97.7 Å². The third-order valence-electron chi connectivity index (χ3n) is 7.03. The molecule has 0 saturated carbocycles. The van der Waals surface area contributed by atoms with E-state index in [1.165, 1.54) is 7.11 Å². The molecule has 214 valence electrons. The van der Waals surface area contributed by atoms with Gasteiger partial charge in [-0.25, -0.2) is 8.42 Å². The van der Waals surface area contributed by atoms with Crippen LogP contribution in [0.1, 0.15) is 34.7 Å². The number of pyridine rings is 1. The van der Waals surface area contributed by atoms with Gasteiger partial charge in [0.1, 0.15) is 11.5 Å². The van der Waals surface area contributed by atoms with Crippen LogP contribution in [-0.2, 0) is 10.0 Å². The Labute approximate surface area is 250 Å². The molecule has 1 fully saturated rings. The summed E-state index contributed by atoms with van der Waals surface area (Å²) in [6.45, 7) is 4.07. The molecule has 0 aliphatic carbocycles. The molecule has 1 aliphatic heterocycles. The lowest BCUT2D eigenvalue weighted by atomic mass is 9.96. The number of aromatic nitrogens is 2. The van der Waals surface area contributed by atoms with E-state index in [1.807, 2.05) is 55.1 Å². The molecule has 0 radical (unpaired) electrons. The van der Waals surface area contributed by atoms with Gasteiger partial charge in [-0.15, -0.1) is 0 Å². The van der Waals surface area contributed by atoms with Crippen molar-refractivity contribution in [2.75, 3.05) is 30.1 Å². The van der Waals surface area contributed by atoms with Crippen LogP contribution in [0.2, 0.25) is 5.02 Å². The molecule has 0 spiro atoms. The molecule has 0 amide bonds. The summed E-state index contributed by atoms with van der Waals surface area (Å²) >= 11 is 12.3. The number of nitrogens with zero attached hydrogens (tertiary/aromatic N) is 3. The van der Waals surface area contributed by atoms with Gasteiger partial charge < -0.3 is 24.3 Å². The molecule has 2 atom stereocenters. The zero-order valence-electron chi connectivity index (χ0n) is 23.2. The lowest BCUT2D eigenvalue weighted by molar-refractivity contribution is 0.412. The second-order valence-electron chi connectivity index (χ2n) is 9.73. The van der Waals surface area contributed by atoms with Gasteiger partial charge in [0, 0.05) is 28.3 Å². The van der Waals surface area contributed by atoms with Gasteiger partial charge in [0.25, 0.3) is 0 Å². The minimum absolute atomic E-state index is 0.299. The number of sulfonamides is 1. The molecule has 5 rings (SSSR count). The predicted octanol–water partition coefficient (Wildman–Crippen LogP) is 5.71. The Hall–Kier alpha value is -3.80. The predicted molar refractivity (Wildman–Crippen MR) is 166 cm³/mol. The third-order valence-corrected chi connectivity index (χ3v) is 8.17. The van der Waals surface area contributed by atoms with Crippen LogP contribution in [0.25, 0.3) is 5.69 Å². The molecule has 2 N–H and O–H groups in total. The van der Waals surface area contributed by atoms with E-state index in [0.29, 0.717) is 33.0 Å². The summed E-state index contributed by atoms with van der Waals surface area (Å²) in [5.74, 6) is 1.08. The van der Waals surface area contributed by atoms with Crippen molar-refractivity contribution in [1.82, 2.24) is 14.9 Å². The fourth-order valence-electron chi connectivity index (χ4n) is 5.37. The van der Waals surface area contributed by atoms with E-state index in [4.69, 9.17) is 33.3 Å². The number of nitrogens with one attached hydrogen (secondary N) is 2. The van der Waals surface area contributed by atoms with E-state index in [1.54, 1.807) is 31.5 Å². The number of hydrogen-bond acceptors (Lipinski definition) is 6. The molecular weight excluding hydrogens is 582 g/mol. The minimum Gasteiger partial charge on any atom is -0.495 e. The quantitative estimate of drug-likeness (QED) is 0.245. The van der Waals surface area contributed by atoms with Crippen LogP contribution in [0.15, 0.2) is 66.9 Å². The average Bonchev–Trinajstić information content (AvgIpc) is 3.42. The maximum atomic E-state index is 12.1. The molecule has 1 aliphatic rings. The molecule has 3 heterocycles. The monoisotopic (exact) mass is 611 g/mol. The maximum absolute atomic E-state index is 12.1. The number of rotatable bonds is 8. The SMILES string of the molecule is COc1ccc(N2C(=S)NC(c3ccccn3)C2c2cc(C)n(-c3cc(Cl)ccc3OC)c2C)cc1NS(C)(=O)=O. The van der Waals surface area contributed by atoms with Gasteiger partial charge >= 0.3 is 0 Å². The van der Waals surface area contributed by atoms with E-state index in [0.717, 1.165) is 34.6 Å². The Morgan fingerprint density at radius 2 is 1.76 bits per heavy atom. The first kappa shape index (κ1) is 28.7. The van der Waals surface area contributed by atoms with Crippen LogP contribution < -0.4 is 24.4 Å². The lowest BCUT2D eigenvalue weighted by Crippen LogP contribution is -2.29. The summed E-state index contributed by atoms with van der Waals surface area (Å²) in [6.07, 6.45) is 2.85. The van der Waals surface area contributed by atoms with Crippen molar-refractivity contribution in [3.8, 4) is 17.2 Å². The summed E-state index contributed by atoms with van der Waals surface area (Å²) < 4.78 is 40.0. The number of hydrogen-bond donors (Lipinski definition) is 2. The number of thiocarbonyl (C=S) groups is 1. The van der Waals surface area contributed by atoms with Gasteiger partial charge in [-0.05, 0) is 86.2 Å². The molecular formula is C29H30ClN5O4S2. The maximum Gasteiger partial charge on any atom is 0.229 e. The highest BCUT2D eigenvalue weighted by Crippen LogP contribution is 2.45. The van der Waals surface area contributed by atoms with E-state index in [-0.39, 0.29) is 12.1 Å². The van der Waals surface area contributed by atoms with Gasteiger partial charge in [0.2, 0.25) is 10.0 Å². The number of anilines is 2. The van der Waals surface area contributed by atoms with Crippen LogP contribution in [-0.4, -0.2) is 43.6 Å². The van der Waals surface area contributed by atoms with Crippen LogP contribution in [0, 0.1) is 13.8 Å². The van der Waals surface area contributed by atoms with Crippen LogP contribution in [0.3, 0.4) is 0 Å². The Morgan fingerprint density at radius 3 is 2.41 bits per heavy atom. The molecule has 41 heavy (non-hydrogen) atoms. The third kappa shape index (κ3) is 5.57. The zero-order chi connectivity index (χ0) is 29.5.